The van der Waals surface area contributed by atoms with Crippen molar-refractivity contribution in [1.29, 1.82) is 0 Å². The SMILES string of the molecule is O=C(Nc1ccccc1)C(F)Sc1ccccc1. The average Bonchev–Trinajstić information content (AvgIpc) is 2.41. The Labute approximate surface area is 109 Å². The predicted molar refractivity (Wildman–Crippen MR) is 72.3 cm³/mol. The minimum absolute atomic E-state index is 0.596. The molecule has 2 nitrogen and oxygen atoms in total. The second-order valence-corrected chi connectivity index (χ2v) is 4.72. The van der Waals surface area contributed by atoms with Gasteiger partial charge in [0.2, 0.25) is 5.50 Å². The lowest BCUT2D eigenvalue weighted by atomic mass is 10.3. The Balaban J connectivity index is 1.93. The van der Waals surface area contributed by atoms with Crippen molar-refractivity contribution in [1.82, 2.24) is 0 Å². The van der Waals surface area contributed by atoms with Crippen molar-refractivity contribution in [2.75, 3.05) is 5.32 Å². The largest absolute Gasteiger partial charge is 0.323 e. The van der Waals surface area contributed by atoms with Crippen molar-refractivity contribution < 1.29 is 9.18 Å². The van der Waals surface area contributed by atoms with E-state index < -0.39 is 11.4 Å². The first-order valence-electron chi connectivity index (χ1n) is 5.47. The van der Waals surface area contributed by atoms with Crippen LogP contribution < -0.4 is 5.32 Å². The molecule has 18 heavy (non-hydrogen) atoms. The number of anilines is 1. The van der Waals surface area contributed by atoms with Crippen LogP contribution in [-0.4, -0.2) is 11.4 Å². The third kappa shape index (κ3) is 3.60. The summed E-state index contributed by atoms with van der Waals surface area (Å²) in [6, 6.07) is 17.9. The van der Waals surface area contributed by atoms with Crippen LogP contribution in [-0.2, 0) is 4.79 Å². The summed E-state index contributed by atoms with van der Waals surface area (Å²) < 4.78 is 13.7. The van der Waals surface area contributed by atoms with Gasteiger partial charge in [0.05, 0.1) is 0 Å². The smallest absolute Gasteiger partial charge is 0.269 e. The molecule has 0 spiro atoms. The fourth-order valence-corrected chi connectivity index (χ4v) is 2.11. The number of para-hydroxylation sites is 1. The van der Waals surface area contributed by atoms with E-state index in [4.69, 9.17) is 0 Å². The highest BCUT2D eigenvalue weighted by Gasteiger charge is 2.18. The van der Waals surface area contributed by atoms with Crippen LogP contribution >= 0.6 is 11.8 Å². The summed E-state index contributed by atoms with van der Waals surface area (Å²) >= 11 is 0.892. The fraction of sp³-hybridized carbons (Fsp3) is 0.0714. The van der Waals surface area contributed by atoms with Gasteiger partial charge in [-0.25, -0.2) is 4.39 Å². The van der Waals surface area contributed by atoms with Gasteiger partial charge in [-0.15, -0.1) is 0 Å². The molecule has 4 heteroatoms. The number of rotatable bonds is 4. The van der Waals surface area contributed by atoms with Gasteiger partial charge in [-0.1, -0.05) is 48.2 Å². The molecule has 0 aliphatic heterocycles. The highest BCUT2D eigenvalue weighted by atomic mass is 32.2. The lowest BCUT2D eigenvalue weighted by Gasteiger charge is -2.09. The molecule has 0 heterocycles. The summed E-state index contributed by atoms with van der Waals surface area (Å²) in [6.07, 6.45) is 0. The van der Waals surface area contributed by atoms with Crippen LogP contribution in [0.4, 0.5) is 10.1 Å². The number of benzene rings is 2. The van der Waals surface area contributed by atoms with E-state index in [1.807, 2.05) is 24.3 Å². The Morgan fingerprint density at radius 3 is 2.17 bits per heavy atom. The molecule has 0 fully saturated rings. The zero-order valence-corrected chi connectivity index (χ0v) is 10.4. The number of carbonyl (C=O) groups is 1. The van der Waals surface area contributed by atoms with Crippen LogP contribution in [0.3, 0.4) is 0 Å². The molecule has 2 aromatic carbocycles. The van der Waals surface area contributed by atoms with Gasteiger partial charge in [-0.05, 0) is 24.3 Å². The molecule has 1 N–H and O–H groups in total. The van der Waals surface area contributed by atoms with Gasteiger partial charge < -0.3 is 5.32 Å². The Kier molecular flexibility index (Phi) is 4.36. The van der Waals surface area contributed by atoms with Crippen molar-refractivity contribution >= 4 is 23.4 Å². The molecule has 1 amide bonds. The molecule has 92 valence electrons. The van der Waals surface area contributed by atoms with Gasteiger partial charge in [0.1, 0.15) is 0 Å². The highest BCUT2D eigenvalue weighted by molar-refractivity contribution is 8.00. The van der Waals surface area contributed by atoms with E-state index in [9.17, 15) is 9.18 Å². The number of halogens is 1. The Morgan fingerprint density at radius 2 is 1.56 bits per heavy atom. The van der Waals surface area contributed by atoms with Crippen molar-refractivity contribution in [3.63, 3.8) is 0 Å². The summed E-state index contributed by atoms with van der Waals surface area (Å²) in [5, 5.41) is 2.53. The van der Waals surface area contributed by atoms with Gasteiger partial charge in [0.15, 0.2) is 0 Å². The maximum absolute atomic E-state index is 13.7. The molecule has 2 rings (SSSR count). The molecule has 0 radical (unpaired) electrons. The molecule has 0 aromatic heterocycles. The minimum atomic E-state index is -1.62. The van der Waals surface area contributed by atoms with E-state index in [1.54, 1.807) is 36.4 Å². The standard InChI is InChI=1S/C14H12FNOS/c15-13(18-12-9-5-2-6-10-12)14(17)16-11-7-3-1-4-8-11/h1-10,13H,(H,16,17). The second-order valence-electron chi connectivity index (χ2n) is 3.60. The summed E-state index contributed by atoms with van der Waals surface area (Å²) in [7, 11) is 0. The van der Waals surface area contributed by atoms with Crippen molar-refractivity contribution in [2.45, 2.75) is 10.4 Å². The second kappa shape index (κ2) is 6.21. The normalized spacial score (nSPS) is 11.8. The zero-order valence-electron chi connectivity index (χ0n) is 9.55. The molecular weight excluding hydrogens is 249 g/mol. The zero-order chi connectivity index (χ0) is 12.8. The summed E-state index contributed by atoms with van der Waals surface area (Å²) in [4.78, 5) is 12.3. The number of hydrogen-bond acceptors (Lipinski definition) is 2. The molecule has 0 aliphatic rings. The topological polar surface area (TPSA) is 29.1 Å². The molecule has 0 saturated carbocycles. The maximum atomic E-state index is 13.7. The molecule has 1 unspecified atom stereocenters. The molecular formula is C14H12FNOS. The van der Waals surface area contributed by atoms with Crippen molar-refractivity contribution in [3.05, 3.63) is 60.7 Å². The van der Waals surface area contributed by atoms with E-state index in [0.29, 0.717) is 5.69 Å². The summed E-state index contributed by atoms with van der Waals surface area (Å²) in [6.45, 7) is 0. The fourth-order valence-electron chi connectivity index (χ4n) is 1.39. The van der Waals surface area contributed by atoms with E-state index in [1.165, 1.54) is 0 Å². The van der Waals surface area contributed by atoms with Crippen LogP contribution in [0.2, 0.25) is 0 Å². The van der Waals surface area contributed by atoms with E-state index in [2.05, 4.69) is 5.32 Å². The Morgan fingerprint density at radius 1 is 1.00 bits per heavy atom. The van der Waals surface area contributed by atoms with E-state index in [0.717, 1.165) is 16.7 Å². The van der Waals surface area contributed by atoms with Crippen LogP contribution in [0.15, 0.2) is 65.6 Å². The van der Waals surface area contributed by atoms with Gasteiger partial charge in [0, 0.05) is 10.6 Å². The molecule has 1 atom stereocenters. The van der Waals surface area contributed by atoms with Gasteiger partial charge in [-0.2, -0.15) is 0 Å². The van der Waals surface area contributed by atoms with E-state index >= 15 is 0 Å². The highest BCUT2D eigenvalue weighted by Crippen LogP contribution is 2.24. The van der Waals surface area contributed by atoms with Gasteiger partial charge in [-0.3, -0.25) is 4.79 Å². The molecule has 2 aromatic rings. The van der Waals surface area contributed by atoms with Gasteiger partial charge >= 0.3 is 0 Å². The third-order valence-corrected chi connectivity index (χ3v) is 3.20. The van der Waals surface area contributed by atoms with Crippen LogP contribution in [0.5, 0.6) is 0 Å². The number of hydrogen-bond donors (Lipinski definition) is 1. The number of carbonyl (C=O) groups excluding carboxylic acids is 1. The first kappa shape index (κ1) is 12.6. The lowest BCUT2D eigenvalue weighted by Crippen LogP contribution is -2.21. The number of thioether (sulfide) groups is 1. The maximum Gasteiger partial charge on any atom is 0.269 e. The van der Waals surface area contributed by atoms with Crippen molar-refractivity contribution in [3.8, 4) is 0 Å². The molecule has 0 bridgehead atoms. The Hall–Kier alpha value is -1.81. The van der Waals surface area contributed by atoms with Gasteiger partial charge in [0.25, 0.3) is 5.91 Å². The third-order valence-electron chi connectivity index (χ3n) is 2.23. The average molecular weight is 261 g/mol. The number of amides is 1. The first-order chi connectivity index (χ1) is 8.75. The Bertz CT molecular complexity index is 504. The lowest BCUT2D eigenvalue weighted by molar-refractivity contribution is -0.118. The van der Waals surface area contributed by atoms with Crippen LogP contribution in [0, 0.1) is 0 Å². The van der Waals surface area contributed by atoms with Crippen molar-refractivity contribution in [2.24, 2.45) is 0 Å². The minimum Gasteiger partial charge on any atom is -0.323 e. The van der Waals surface area contributed by atoms with Crippen LogP contribution in [0.25, 0.3) is 0 Å². The molecule has 0 aliphatic carbocycles. The quantitative estimate of drug-likeness (QED) is 0.850. The summed E-state index contributed by atoms with van der Waals surface area (Å²) in [5.41, 5.74) is -1.02. The molecule has 0 saturated heterocycles. The number of alkyl halides is 1. The number of nitrogens with one attached hydrogen (secondary N) is 1. The van der Waals surface area contributed by atoms with E-state index in [-0.39, 0.29) is 0 Å². The monoisotopic (exact) mass is 261 g/mol. The first-order valence-corrected chi connectivity index (χ1v) is 6.35. The van der Waals surface area contributed by atoms with Crippen LogP contribution in [0.1, 0.15) is 0 Å². The summed E-state index contributed by atoms with van der Waals surface area (Å²) in [5.74, 6) is -0.643. The predicted octanol–water partition coefficient (Wildman–Crippen LogP) is 3.71.